The van der Waals surface area contributed by atoms with Crippen molar-refractivity contribution < 1.29 is 14.3 Å². The molecule has 4 rings (SSSR count). The summed E-state index contributed by atoms with van der Waals surface area (Å²) in [5.74, 6) is 1.62. The third-order valence-corrected chi connectivity index (χ3v) is 6.91. The van der Waals surface area contributed by atoms with Crippen molar-refractivity contribution in [1.82, 2.24) is 14.8 Å². The highest BCUT2D eigenvalue weighted by molar-refractivity contribution is 5.95. The van der Waals surface area contributed by atoms with Gasteiger partial charge in [-0.25, -0.2) is 0 Å². The lowest BCUT2D eigenvalue weighted by molar-refractivity contribution is -0.134. The van der Waals surface area contributed by atoms with Crippen LogP contribution in [0.25, 0.3) is 0 Å². The molecule has 33 heavy (non-hydrogen) atoms. The standard InChI is InChI=1S/C27H35N3O3/c1-21-20-29(14-15-30(21)26(31)17-23-9-6-13-28-19-23)27(32)24-10-5-11-25(18-24)33-16-12-22-7-3-2-4-8-22/h5-6,9-11,13,18-19,21-22H,2-4,7-8,12,14-17,20H2,1H3. The lowest BCUT2D eigenvalue weighted by Crippen LogP contribution is -2.55. The van der Waals surface area contributed by atoms with E-state index in [-0.39, 0.29) is 17.9 Å². The van der Waals surface area contributed by atoms with Gasteiger partial charge in [-0.15, -0.1) is 0 Å². The van der Waals surface area contributed by atoms with E-state index in [1.54, 1.807) is 12.4 Å². The number of carbonyl (C=O) groups is 2. The van der Waals surface area contributed by atoms with Gasteiger partial charge < -0.3 is 14.5 Å². The number of pyridine rings is 1. The molecule has 0 spiro atoms. The third kappa shape index (κ3) is 6.34. The fourth-order valence-electron chi connectivity index (χ4n) is 5.01. The van der Waals surface area contributed by atoms with Crippen LogP contribution in [0, 0.1) is 5.92 Å². The first-order valence-corrected chi connectivity index (χ1v) is 12.3. The zero-order chi connectivity index (χ0) is 23.0. The van der Waals surface area contributed by atoms with Crippen LogP contribution in [-0.2, 0) is 11.2 Å². The van der Waals surface area contributed by atoms with Gasteiger partial charge in [-0.2, -0.15) is 0 Å². The summed E-state index contributed by atoms with van der Waals surface area (Å²) in [7, 11) is 0. The van der Waals surface area contributed by atoms with Crippen molar-refractivity contribution in [3.63, 3.8) is 0 Å². The van der Waals surface area contributed by atoms with Crippen molar-refractivity contribution in [2.75, 3.05) is 26.2 Å². The van der Waals surface area contributed by atoms with Crippen LogP contribution in [-0.4, -0.2) is 58.9 Å². The maximum atomic E-state index is 13.1. The van der Waals surface area contributed by atoms with Gasteiger partial charge in [-0.05, 0) is 49.1 Å². The summed E-state index contributed by atoms with van der Waals surface area (Å²) in [5, 5.41) is 0. The highest BCUT2D eigenvalue weighted by Gasteiger charge is 2.30. The van der Waals surface area contributed by atoms with Gasteiger partial charge in [-0.3, -0.25) is 14.6 Å². The quantitative estimate of drug-likeness (QED) is 0.631. The average Bonchev–Trinajstić information content (AvgIpc) is 2.85. The highest BCUT2D eigenvalue weighted by Crippen LogP contribution is 2.26. The van der Waals surface area contributed by atoms with Crippen LogP contribution in [0.1, 0.15) is 61.4 Å². The number of piperazine rings is 1. The molecule has 2 heterocycles. The van der Waals surface area contributed by atoms with Crippen molar-refractivity contribution >= 4 is 11.8 Å². The fourth-order valence-corrected chi connectivity index (χ4v) is 5.01. The van der Waals surface area contributed by atoms with Crippen LogP contribution >= 0.6 is 0 Å². The molecular formula is C27H35N3O3. The molecule has 1 saturated carbocycles. The second kappa shape index (κ2) is 11.3. The Hall–Kier alpha value is -2.89. The van der Waals surface area contributed by atoms with Gasteiger partial charge in [0, 0.05) is 43.6 Å². The summed E-state index contributed by atoms with van der Waals surface area (Å²) in [6.45, 7) is 4.32. The topological polar surface area (TPSA) is 62.7 Å². The number of aromatic nitrogens is 1. The molecule has 1 atom stereocenters. The molecule has 0 N–H and O–H groups in total. The number of ether oxygens (including phenoxy) is 1. The number of nitrogens with zero attached hydrogens (tertiary/aromatic N) is 3. The van der Waals surface area contributed by atoms with Gasteiger partial charge in [0.2, 0.25) is 5.91 Å². The average molecular weight is 450 g/mol. The summed E-state index contributed by atoms with van der Waals surface area (Å²) in [4.78, 5) is 33.7. The molecule has 2 fully saturated rings. The molecule has 1 unspecified atom stereocenters. The molecule has 1 aromatic heterocycles. The van der Waals surface area contributed by atoms with Gasteiger partial charge in [0.1, 0.15) is 5.75 Å². The SMILES string of the molecule is CC1CN(C(=O)c2cccc(OCCC3CCCCC3)c2)CCN1C(=O)Cc1cccnc1. The van der Waals surface area contributed by atoms with E-state index in [2.05, 4.69) is 4.98 Å². The van der Waals surface area contributed by atoms with Crippen molar-refractivity contribution in [3.8, 4) is 5.75 Å². The number of rotatable bonds is 7. The maximum absolute atomic E-state index is 13.1. The van der Waals surface area contributed by atoms with E-state index >= 15 is 0 Å². The van der Waals surface area contributed by atoms with E-state index in [0.717, 1.165) is 23.7 Å². The molecule has 1 aliphatic heterocycles. The lowest BCUT2D eigenvalue weighted by Gasteiger charge is -2.40. The predicted molar refractivity (Wildman–Crippen MR) is 128 cm³/mol. The number of hydrogen-bond donors (Lipinski definition) is 0. The van der Waals surface area contributed by atoms with Crippen LogP contribution in [0.15, 0.2) is 48.8 Å². The number of benzene rings is 1. The van der Waals surface area contributed by atoms with Gasteiger partial charge in [0.05, 0.1) is 13.0 Å². The third-order valence-electron chi connectivity index (χ3n) is 6.91. The van der Waals surface area contributed by atoms with Crippen LogP contribution in [0.4, 0.5) is 0 Å². The normalized spacial score (nSPS) is 19.4. The number of carbonyl (C=O) groups excluding carboxylic acids is 2. The summed E-state index contributed by atoms with van der Waals surface area (Å²) in [5.41, 5.74) is 1.56. The van der Waals surface area contributed by atoms with Crippen LogP contribution < -0.4 is 4.74 Å². The van der Waals surface area contributed by atoms with Crippen molar-refractivity contribution in [1.29, 1.82) is 0 Å². The van der Waals surface area contributed by atoms with Gasteiger partial charge in [0.25, 0.3) is 5.91 Å². The van der Waals surface area contributed by atoms with Gasteiger partial charge in [-0.1, -0.05) is 44.2 Å². The Kier molecular flexibility index (Phi) is 7.97. The molecule has 2 aromatic rings. The smallest absolute Gasteiger partial charge is 0.254 e. The zero-order valence-electron chi connectivity index (χ0n) is 19.6. The Morgan fingerprint density at radius 1 is 1.09 bits per heavy atom. The van der Waals surface area contributed by atoms with Crippen LogP contribution in [0.2, 0.25) is 0 Å². The monoisotopic (exact) mass is 449 g/mol. The number of amides is 2. The minimum Gasteiger partial charge on any atom is -0.494 e. The predicted octanol–water partition coefficient (Wildman–Crippen LogP) is 4.35. The van der Waals surface area contributed by atoms with E-state index in [0.29, 0.717) is 38.2 Å². The Bertz CT molecular complexity index is 927. The van der Waals surface area contributed by atoms with Crippen molar-refractivity contribution in [2.24, 2.45) is 5.92 Å². The Balaban J connectivity index is 1.28. The van der Waals surface area contributed by atoms with Crippen molar-refractivity contribution in [2.45, 2.75) is 57.9 Å². The Labute approximate surface area is 196 Å². The first-order valence-electron chi connectivity index (χ1n) is 12.3. The molecule has 0 radical (unpaired) electrons. The van der Waals surface area contributed by atoms with E-state index in [1.165, 1.54) is 32.1 Å². The molecule has 6 nitrogen and oxygen atoms in total. The molecule has 6 heteroatoms. The lowest BCUT2D eigenvalue weighted by atomic mass is 9.87. The van der Waals surface area contributed by atoms with Gasteiger partial charge >= 0.3 is 0 Å². The molecule has 176 valence electrons. The Morgan fingerprint density at radius 2 is 1.94 bits per heavy atom. The van der Waals surface area contributed by atoms with Gasteiger partial charge in [0.15, 0.2) is 0 Å². The van der Waals surface area contributed by atoms with E-state index in [1.807, 2.05) is 53.1 Å². The molecule has 1 saturated heterocycles. The van der Waals surface area contributed by atoms with Crippen LogP contribution in [0.5, 0.6) is 5.75 Å². The molecular weight excluding hydrogens is 414 g/mol. The van der Waals surface area contributed by atoms with Crippen LogP contribution in [0.3, 0.4) is 0 Å². The molecule has 1 aromatic carbocycles. The maximum Gasteiger partial charge on any atom is 0.254 e. The minimum atomic E-state index is -0.0261. The minimum absolute atomic E-state index is 0.000983. The first-order chi connectivity index (χ1) is 16.1. The molecule has 1 aliphatic carbocycles. The van der Waals surface area contributed by atoms with E-state index in [4.69, 9.17) is 4.74 Å². The van der Waals surface area contributed by atoms with E-state index in [9.17, 15) is 9.59 Å². The Morgan fingerprint density at radius 3 is 2.70 bits per heavy atom. The zero-order valence-corrected chi connectivity index (χ0v) is 19.6. The molecule has 0 bridgehead atoms. The summed E-state index contributed by atoms with van der Waals surface area (Å²) in [6.07, 6.45) is 11.5. The second-order valence-electron chi connectivity index (χ2n) is 9.39. The number of hydrogen-bond acceptors (Lipinski definition) is 4. The summed E-state index contributed by atoms with van der Waals surface area (Å²) in [6, 6.07) is 11.3. The first kappa shape index (κ1) is 23.3. The summed E-state index contributed by atoms with van der Waals surface area (Å²) < 4.78 is 5.98. The highest BCUT2D eigenvalue weighted by atomic mass is 16.5. The van der Waals surface area contributed by atoms with E-state index < -0.39 is 0 Å². The fraction of sp³-hybridized carbons (Fsp3) is 0.519. The largest absolute Gasteiger partial charge is 0.494 e. The molecule has 2 aliphatic rings. The second-order valence-corrected chi connectivity index (χ2v) is 9.39. The summed E-state index contributed by atoms with van der Waals surface area (Å²) >= 11 is 0. The molecule has 2 amide bonds. The van der Waals surface area contributed by atoms with Crippen molar-refractivity contribution in [3.05, 3.63) is 59.9 Å².